The number of rotatable bonds is 6. The summed E-state index contributed by atoms with van der Waals surface area (Å²) in [7, 11) is 0. The zero-order valence-corrected chi connectivity index (χ0v) is 18.6. The fourth-order valence-electron chi connectivity index (χ4n) is 3.61. The van der Waals surface area contributed by atoms with Crippen LogP contribution < -0.4 is 4.74 Å². The Labute approximate surface area is 205 Å². The molecule has 0 atom stereocenters. The molecule has 0 amide bonds. The third-order valence-corrected chi connectivity index (χ3v) is 5.28. The van der Waals surface area contributed by atoms with E-state index in [4.69, 9.17) is 15.7 Å². The molecule has 0 unspecified atom stereocenters. The molecule has 12 heteroatoms. The van der Waals surface area contributed by atoms with Crippen molar-refractivity contribution in [3.8, 4) is 52.1 Å². The number of fused-ring (bicyclic) bond motifs is 1. The molecule has 2 aromatic carbocycles. The van der Waals surface area contributed by atoms with Gasteiger partial charge in [-0.1, -0.05) is 17.1 Å². The molecule has 2 aliphatic heterocycles. The van der Waals surface area contributed by atoms with Crippen molar-refractivity contribution in [1.29, 1.82) is 0 Å². The van der Waals surface area contributed by atoms with E-state index in [2.05, 4.69) is 26.1 Å². The standard InChI is InChI=1S/C25H14F5N5O2/c1-2-8-36-14-6-7-16(18(9-14)25(28,29)30)20-10-15(37-34-20)12-35-13-22-21(11-31-35)32-24(33-22)17-4-3-5-19(26)23(17)27/h1,3-7,9-11,13H,8,12H2. The molecular weight excluding hydrogens is 497 g/mol. The molecule has 2 aliphatic rings. The maximum Gasteiger partial charge on any atom is 0.417 e. The first-order valence-corrected chi connectivity index (χ1v) is 10.6. The van der Waals surface area contributed by atoms with Crippen molar-refractivity contribution < 1.29 is 31.2 Å². The van der Waals surface area contributed by atoms with Gasteiger partial charge >= 0.3 is 6.18 Å². The van der Waals surface area contributed by atoms with Crippen molar-refractivity contribution in [1.82, 2.24) is 24.9 Å². The van der Waals surface area contributed by atoms with E-state index < -0.39 is 23.4 Å². The van der Waals surface area contributed by atoms with Gasteiger partial charge in [-0.3, -0.25) is 4.68 Å². The lowest BCUT2D eigenvalue weighted by Crippen LogP contribution is -2.08. The number of nitrogens with zero attached hydrogens (tertiary/aromatic N) is 5. The summed E-state index contributed by atoms with van der Waals surface area (Å²) >= 11 is 0. The van der Waals surface area contributed by atoms with Gasteiger partial charge < -0.3 is 9.26 Å². The number of alkyl halides is 3. The smallest absolute Gasteiger partial charge is 0.417 e. The van der Waals surface area contributed by atoms with Crippen LogP contribution in [0.4, 0.5) is 22.0 Å². The quantitative estimate of drug-likeness (QED) is 0.223. The predicted octanol–water partition coefficient (Wildman–Crippen LogP) is 5.46. The van der Waals surface area contributed by atoms with Crippen molar-refractivity contribution in [3.63, 3.8) is 0 Å². The summed E-state index contributed by atoms with van der Waals surface area (Å²) in [6, 6.07) is 8.47. The third kappa shape index (κ3) is 4.84. The first-order chi connectivity index (χ1) is 17.7. The van der Waals surface area contributed by atoms with E-state index in [1.54, 1.807) is 0 Å². The minimum atomic E-state index is -4.68. The van der Waals surface area contributed by atoms with Crippen molar-refractivity contribution in [2.24, 2.45) is 0 Å². The third-order valence-electron chi connectivity index (χ3n) is 5.28. The SMILES string of the molecule is C#CCOc1ccc(-c2cc(Cn3cc4nc(-c5cccc(F)c5F)nc-4cn3)on2)c(C(F)(F)F)c1. The molecule has 0 saturated carbocycles. The second kappa shape index (κ2) is 9.34. The van der Waals surface area contributed by atoms with E-state index in [9.17, 15) is 22.0 Å². The van der Waals surface area contributed by atoms with Crippen LogP contribution in [0.3, 0.4) is 0 Å². The monoisotopic (exact) mass is 511 g/mol. The van der Waals surface area contributed by atoms with E-state index in [0.29, 0.717) is 11.4 Å². The molecule has 0 bridgehead atoms. The number of halogens is 5. The molecule has 0 radical (unpaired) electrons. The summed E-state index contributed by atoms with van der Waals surface area (Å²) in [5, 5.41) is 7.95. The van der Waals surface area contributed by atoms with Crippen LogP contribution >= 0.6 is 0 Å². The minimum Gasteiger partial charge on any atom is -0.481 e. The van der Waals surface area contributed by atoms with Crippen LogP contribution in [0.5, 0.6) is 5.75 Å². The summed E-state index contributed by atoms with van der Waals surface area (Å²) in [4.78, 5) is 8.41. The van der Waals surface area contributed by atoms with Crippen molar-refractivity contribution >= 4 is 0 Å². The summed E-state index contributed by atoms with van der Waals surface area (Å²) in [6.07, 6.45) is 3.28. The Hall–Kier alpha value is -4.79. The highest BCUT2D eigenvalue weighted by atomic mass is 19.4. The van der Waals surface area contributed by atoms with Crippen LogP contribution in [0.2, 0.25) is 0 Å². The molecule has 5 rings (SSSR count). The van der Waals surface area contributed by atoms with Gasteiger partial charge in [-0.15, -0.1) is 6.42 Å². The molecule has 0 spiro atoms. The van der Waals surface area contributed by atoms with Crippen LogP contribution in [0.15, 0.2) is 59.4 Å². The summed E-state index contributed by atoms with van der Waals surface area (Å²) in [6.45, 7) is -0.171. The van der Waals surface area contributed by atoms with Crippen LogP contribution in [0, 0.1) is 24.0 Å². The fraction of sp³-hybridized carbons (Fsp3) is 0.120. The van der Waals surface area contributed by atoms with Gasteiger partial charge in [-0.05, 0) is 30.3 Å². The van der Waals surface area contributed by atoms with Gasteiger partial charge in [0.25, 0.3) is 0 Å². The summed E-state index contributed by atoms with van der Waals surface area (Å²) in [5.41, 5.74) is -0.611. The Morgan fingerprint density at radius 2 is 1.81 bits per heavy atom. The largest absolute Gasteiger partial charge is 0.481 e. The van der Waals surface area contributed by atoms with Gasteiger partial charge in [0, 0.05) is 11.6 Å². The summed E-state index contributed by atoms with van der Waals surface area (Å²) < 4.78 is 80.5. The van der Waals surface area contributed by atoms with Crippen LogP contribution in [-0.2, 0) is 12.7 Å². The van der Waals surface area contributed by atoms with Gasteiger partial charge in [-0.25, -0.2) is 18.7 Å². The highest BCUT2D eigenvalue weighted by Gasteiger charge is 2.35. The Balaban J connectivity index is 1.41. The Kier molecular flexibility index (Phi) is 6.04. The van der Waals surface area contributed by atoms with Crippen LogP contribution in [-0.4, -0.2) is 31.5 Å². The number of aromatic nitrogens is 5. The Morgan fingerprint density at radius 3 is 2.59 bits per heavy atom. The molecule has 186 valence electrons. The first kappa shape index (κ1) is 23.9. The van der Waals surface area contributed by atoms with Crippen molar-refractivity contribution in [2.45, 2.75) is 12.7 Å². The lowest BCUT2D eigenvalue weighted by molar-refractivity contribution is -0.137. The minimum absolute atomic E-state index is 0.00414. The highest BCUT2D eigenvalue weighted by Crippen LogP contribution is 2.39. The molecule has 0 aliphatic carbocycles. The molecule has 3 heterocycles. The topological polar surface area (TPSA) is 78.9 Å². The van der Waals surface area contributed by atoms with Crippen molar-refractivity contribution in [3.05, 3.63) is 77.8 Å². The lowest BCUT2D eigenvalue weighted by Gasteiger charge is -2.13. The second-order valence-corrected chi connectivity index (χ2v) is 7.77. The highest BCUT2D eigenvalue weighted by molar-refractivity contribution is 5.66. The molecule has 37 heavy (non-hydrogen) atoms. The van der Waals surface area contributed by atoms with Gasteiger partial charge in [-0.2, -0.15) is 18.3 Å². The van der Waals surface area contributed by atoms with E-state index in [-0.39, 0.29) is 47.3 Å². The average Bonchev–Trinajstić information content (AvgIpc) is 3.50. The maximum atomic E-state index is 14.1. The van der Waals surface area contributed by atoms with E-state index >= 15 is 0 Å². The molecular formula is C25H14F5N5O2. The van der Waals surface area contributed by atoms with Crippen LogP contribution in [0.1, 0.15) is 11.3 Å². The normalized spacial score (nSPS) is 11.6. The van der Waals surface area contributed by atoms with Gasteiger partial charge in [0.15, 0.2) is 23.2 Å². The average molecular weight is 511 g/mol. The number of hydrogen-bond acceptors (Lipinski definition) is 6. The Morgan fingerprint density at radius 1 is 1.00 bits per heavy atom. The number of ether oxygens (including phenoxy) is 1. The molecule has 1 aromatic heterocycles. The maximum absolute atomic E-state index is 14.1. The number of benzene rings is 2. The molecule has 0 N–H and O–H groups in total. The number of imidazole rings is 1. The first-order valence-electron chi connectivity index (χ1n) is 10.6. The van der Waals surface area contributed by atoms with Crippen LogP contribution in [0.25, 0.3) is 34.0 Å². The lowest BCUT2D eigenvalue weighted by atomic mass is 10.0. The van der Waals surface area contributed by atoms with E-state index in [0.717, 1.165) is 12.1 Å². The van der Waals surface area contributed by atoms with E-state index in [1.807, 2.05) is 0 Å². The van der Waals surface area contributed by atoms with Gasteiger partial charge in [0.2, 0.25) is 0 Å². The number of hydrogen-bond donors (Lipinski definition) is 0. The van der Waals surface area contributed by atoms with Gasteiger partial charge in [0.05, 0.1) is 23.5 Å². The second-order valence-electron chi connectivity index (χ2n) is 7.77. The van der Waals surface area contributed by atoms with E-state index in [1.165, 1.54) is 47.4 Å². The molecule has 0 fully saturated rings. The number of terminal acetylenes is 1. The Bertz CT molecular complexity index is 1600. The molecule has 7 nitrogen and oxygen atoms in total. The molecule has 3 aromatic rings. The predicted molar refractivity (Wildman–Crippen MR) is 120 cm³/mol. The zero-order valence-electron chi connectivity index (χ0n) is 18.6. The zero-order chi connectivity index (χ0) is 26.2. The summed E-state index contributed by atoms with van der Waals surface area (Å²) in [5.74, 6) is 0.273. The van der Waals surface area contributed by atoms with Gasteiger partial charge in [0.1, 0.15) is 36.0 Å². The van der Waals surface area contributed by atoms with Crippen molar-refractivity contribution in [2.75, 3.05) is 6.61 Å². The fourth-order valence-corrected chi connectivity index (χ4v) is 3.61. The molecule has 0 saturated heterocycles.